The van der Waals surface area contributed by atoms with Gasteiger partial charge >= 0.3 is 0 Å². The van der Waals surface area contributed by atoms with Crippen LogP contribution < -0.4 is 15.0 Å². The van der Waals surface area contributed by atoms with E-state index >= 15 is 0 Å². The van der Waals surface area contributed by atoms with E-state index in [0.717, 1.165) is 13.1 Å². The van der Waals surface area contributed by atoms with Crippen molar-refractivity contribution in [3.63, 3.8) is 0 Å². The molecule has 1 unspecified atom stereocenters. The highest BCUT2D eigenvalue weighted by Crippen LogP contribution is 2.26. The molecule has 1 N–H and O–H groups in total. The quantitative estimate of drug-likeness (QED) is 0.861. The molecule has 0 amide bonds. The summed E-state index contributed by atoms with van der Waals surface area (Å²) in [6.07, 6.45) is 5.67. The topological polar surface area (TPSA) is 37.4 Å². The maximum atomic E-state index is 5.19. The first-order valence-electron chi connectivity index (χ1n) is 6.26. The SMILES string of the molecule is CNCC1CCCCN1c1ccnc(OC)c1. The van der Waals surface area contributed by atoms with Crippen molar-refractivity contribution in [2.75, 3.05) is 32.1 Å². The fraction of sp³-hybridized carbons (Fsp3) is 0.615. The lowest BCUT2D eigenvalue weighted by Gasteiger charge is -2.37. The largest absolute Gasteiger partial charge is 0.481 e. The van der Waals surface area contributed by atoms with Gasteiger partial charge in [0.15, 0.2) is 0 Å². The molecule has 4 nitrogen and oxygen atoms in total. The fourth-order valence-electron chi connectivity index (χ4n) is 2.48. The summed E-state index contributed by atoms with van der Waals surface area (Å²) in [7, 11) is 3.67. The van der Waals surface area contributed by atoms with E-state index in [9.17, 15) is 0 Å². The Morgan fingerprint density at radius 3 is 3.18 bits per heavy atom. The van der Waals surface area contributed by atoms with Crippen molar-refractivity contribution >= 4 is 5.69 Å². The molecule has 1 atom stereocenters. The number of piperidine rings is 1. The maximum absolute atomic E-state index is 5.19. The number of aromatic nitrogens is 1. The summed E-state index contributed by atoms with van der Waals surface area (Å²) in [5, 5.41) is 3.28. The van der Waals surface area contributed by atoms with Crippen molar-refractivity contribution in [2.45, 2.75) is 25.3 Å². The summed E-state index contributed by atoms with van der Waals surface area (Å²) in [6, 6.07) is 4.67. The van der Waals surface area contributed by atoms with Gasteiger partial charge in [0.2, 0.25) is 5.88 Å². The third kappa shape index (κ3) is 2.88. The monoisotopic (exact) mass is 235 g/mol. The lowest BCUT2D eigenvalue weighted by atomic mass is 10.0. The number of methoxy groups -OCH3 is 1. The van der Waals surface area contributed by atoms with Gasteiger partial charge in [0, 0.05) is 37.1 Å². The van der Waals surface area contributed by atoms with Gasteiger partial charge in [-0.25, -0.2) is 4.98 Å². The maximum Gasteiger partial charge on any atom is 0.214 e. The van der Waals surface area contributed by atoms with Crippen LogP contribution in [0.5, 0.6) is 5.88 Å². The summed E-state index contributed by atoms with van der Waals surface area (Å²) in [6.45, 7) is 2.16. The summed E-state index contributed by atoms with van der Waals surface area (Å²) in [5.41, 5.74) is 1.22. The summed E-state index contributed by atoms with van der Waals surface area (Å²) in [4.78, 5) is 6.62. The molecule has 0 spiro atoms. The molecule has 2 heterocycles. The van der Waals surface area contributed by atoms with Crippen molar-refractivity contribution in [1.82, 2.24) is 10.3 Å². The molecule has 1 aliphatic rings. The number of nitrogens with zero attached hydrogens (tertiary/aromatic N) is 2. The van der Waals surface area contributed by atoms with Crippen LogP contribution in [0.3, 0.4) is 0 Å². The van der Waals surface area contributed by atoms with Gasteiger partial charge in [-0.3, -0.25) is 0 Å². The Morgan fingerprint density at radius 2 is 2.41 bits per heavy atom. The number of hydrogen-bond acceptors (Lipinski definition) is 4. The van der Waals surface area contributed by atoms with Crippen LogP contribution in [-0.2, 0) is 0 Å². The number of nitrogens with one attached hydrogen (secondary N) is 1. The molecule has 0 bridgehead atoms. The molecule has 0 aromatic carbocycles. The highest BCUT2D eigenvalue weighted by molar-refractivity contribution is 5.49. The van der Waals surface area contributed by atoms with Crippen molar-refractivity contribution in [3.8, 4) is 5.88 Å². The second-order valence-electron chi connectivity index (χ2n) is 4.46. The van der Waals surface area contributed by atoms with Crippen LogP contribution in [0.15, 0.2) is 18.3 Å². The van der Waals surface area contributed by atoms with Gasteiger partial charge in [0.1, 0.15) is 0 Å². The molecule has 0 aliphatic carbocycles. The van der Waals surface area contributed by atoms with Gasteiger partial charge in [-0.15, -0.1) is 0 Å². The molecule has 4 heteroatoms. The van der Waals surface area contributed by atoms with Crippen molar-refractivity contribution in [2.24, 2.45) is 0 Å². The highest BCUT2D eigenvalue weighted by atomic mass is 16.5. The molecule has 1 aromatic rings. The smallest absolute Gasteiger partial charge is 0.214 e. The Morgan fingerprint density at radius 1 is 1.53 bits per heavy atom. The number of anilines is 1. The molecular weight excluding hydrogens is 214 g/mol. The van der Waals surface area contributed by atoms with Crippen LogP contribution in [0.1, 0.15) is 19.3 Å². The predicted octanol–water partition coefficient (Wildman–Crippen LogP) is 1.67. The molecule has 1 aromatic heterocycles. The number of likely N-dealkylation sites (N-methyl/N-ethyl adjacent to an activating group) is 1. The lowest BCUT2D eigenvalue weighted by Crippen LogP contribution is -2.45. The first-order valence-corrected chi connectivity index (χ1v) is 6.26. The second-order valence-corrected chi connectivity index (χ2v) is 4.46. The Balaban J connectivity index is 2.16. The molecule has 2 rings (SSSR count). The predicted molar refractivity (Wildman–Crippen MR) is 69.7 cm³/mol. The minimum atomic E-state index is 0.584. The van der Waals surface area contributed by atoms with E-state index in [0.29, 0.717) is 11.9 Å². The number of hydrogen-bond donors (Lipinski definition) is 1. The standard InChI is InChI=1S/C13H21N3O/c1-14-10-12-5-3-4-8-16(12)11-6-7-15-13(9-11)17-2/h6-7,9,12,14H,3-5,8,10H2,1-2H3. The van der Waals surface area contributed by atoms with Crippen molar-refractivity contribution in [1.29, 1.82) is 0 Å². The Hall–Kier alpha value is -1.29. The van der Waals surface area contributed by atoms with Crippen LogP contribution in [-0.4, -0.2) is 38.3 Å². The molecule has 1 fully saturated rings. The van der Waals surface area contributed by atoms with E-state index in [2.05, 4.69) is 21.3 Å². The molecule has 0 radical (unpaired) electrons. The van der Waals surface area contributed by atoms with Gasteiger partial charge in [-0.2, -0.15) is 0 Å². The fourth-order valence-corrected chi connectivity index (χ4v) is 2.48. The Bertz CT molecular complexity index is 354. The zero-order valence-corrected chi connectivity index (χ0v) is 10.6. The van der Waals surface area contributed by atoms with E-state index in [4.69, 9.17) is 4.74 Å². The molecule has 94 valence electrons. The summed E-state index contributed by atoms with van der Waals surface area (Å²) < 4.78 is 5.19. The minimum absolute atomic E-state index is 0.584. The van der Waals surface area contributed by atoms with E-state index < -0.39 is 0 Å². The second kappa shape index (κ2) is 5.87. The normalized spacial score (nSPS) is 20.4. The van der Waals surface area contributed by atoms with E-state index in [-0.39, 0.29) is 0 Å². The van der Waals surface area contributed by atoms with Gasteiger partial charge < -0.3 is 15.0 Å². The Labute approximate surface area is 103 Å². The van der Waals surface area contributed by atoms with Crippen LogP contribution >= 0.6 is 0 Å². The first-order chi connectivity index (χ1) is 8.35. The molecule has 1 aliphatic heterocycles. The average molecular weight is 235 g/mol. The molecule has 17 heavy (non-hydrogen) atoms. The van der Waals surface area contributed by atoms with Crippen LogP contribution in [0, 0.1) is 0 Å². The third-order valence-corrected chi connectivity index (χ3v) is 3.33. The number of ether oxygens (including phenoxy) is 1. The number of rotatable bonds is 4. The first kappa shape index (κ1) is 12.2. The Kier molecular flexibility index (Phi) is 4.20. The van der Waals surface area contributed by atoms with E-state index in [1.165, 1.54) is 24.9 Å². The third-order valence-electron chi connectivity index (χ3n) is 3.33. The van der Waals surface area contributed by atoms with Gasteiger partial charge in [-0.05, 0) is 32.4 Å². The van der Waals surface area contributed by atoms with Crippen molar-refractivity contribution < 1.29 is 4.74 Å². The van der Waals surface area contributed by atoms with E-state index in [1.54, 1.807) is 7.11 Å². The van der Waals surface area contributed by atoms with Gasteiger partial charge in [-0.1, -0.05) is 0 Å². The van der Waals surface area contributed by atoms with Gasteiger partial charge in [0.05, 0.1) is 7.11 Å². The zero-order valence-electron chi connectivity index (χ0n) is 10.6. The molecular formula is C13H21N3O. The van der Waals surface area contributed by atoms with E-state index in [1.807, 2.05) is 19.3 Å². The zero-order chi connectivity index (χ0) is 12.1. The number of pyridine rings is 1. The summed E-state index contributed by atoms with van der Waals surface area (Å²) in [5.74, 6) is 0.691. The summed E-state index contributed by atoms with van der Waals surface area (Å²) >= 11 is 0. The van der Waals surface area contributed by atoms with Crippen LogP contribution in [0.2, 0.25) is 0 Å². The lowest BCUT2D eigenvalue weighted by molar-refractivity contribution is 0.396. The molecule has 1 saturated heterocycles. The van der Waals surface area contributed by atoms with Crippen molar-refractivity contribution in [3.05, 3.63) is 18.3 Å². The van der Waals surface area contributed by atoms with Crippen LogP contribution in [0.4, 0.5) is 5.69 Å². The minimum Gasteiger partial charge on any atom is -0.481 e. The average Bonchev–Trinajstić information content (AvgIpc) is 2.40. The highest BCUT2D eigenvalue weighted by Gasteiger charge is 2.22. The van der Waals surface area contributed by atoms with Crippen LogP contribution in [0.25, 0.3) is 0 Å². The molecule has 0 saturated carbocycles. The van der Waals surface area contributed by atoms with Gasteiger partial charge in [0.25, 0.3) is 0 Å².